The molecule has 17 heavy (non-hydrogen) atoms. The first kappa shape index (κ1) is 13.2. The van der Waals surface area contributed by atoms with Crippen LogP contribution in [0, 0.1) is 29.0 Å². The summed E-state index contributed by atoms with van der Waals surface area (Å²) in [5.74, 6) is -1.62. The van der Waals surface area contributed by atoms with Crippen LogP contribution in [-0.4, -0.2) is 12.9 Å². The average molecular weight is 235 g/mol. The smallest absolute Gasteiger partial charge is 0.180 e. The first-order valence-electron chi connectivity index (χ1n) is 5.28. The highest BCUT2D eigenvalue weighted by Crippen LogP contribution is 2.22. The molecule has 0 bridgehead atoms. The third kappa shape index (κ3) is 2.82. The fourth-order valence-electron chi connectivity index (χ4n) is 1.50. The molecule has 0 N–H and O–H groups in total. The van der Waals surface area contributed by atoms with E-state index in [9.17, 15) is 9.18 Å². The largest absolute Gasteiger partial charge is 0.494 e. The number of carbonyl (C=O) groups is 1. The number of hydrogen-bond donors (Lipinski definition) is 0. The number of carbonyl (C=O) groups excluding carboxylic acids is 1. The SMILES string of the molecule is COc1cc(C(=O)C(C#N)C(C)C)ccc1F. The van der Waals surface area contributed by atoms with Gasteiger partial charge in [-0.2, -0.15) is 5.26 Å². The number of nitrogens with zero attached hydrogens (tertiary/aromatic N) is 1. The molecule has 1 atom stereocenters. The van der Waals surface area contributed by atoms with Crippen LogP contribution in [0.5, 0.6) is 5.75 Å². The number of hydrogen-bond acceptors (Lipinski definition) is 3. The van der Waals surface area contributed by atoms with Gasteiger partial charge in [0, 0.05) is 5.56 Å². The van der Waals surface area contributed by atoms with Crippen LogP contribution in [0.4, 0.5) is 4.39 Å². The average Bonchev–Trinajstić information content (AvgIpc) is 2.29. The Labute approximate surface area is 99.8 Å². The van der Waals surface area contributed by atoms with E-state index in [1.807, 2.05) is 6.07 Å². The van der Waals surface area contributed by atoms with Crippen LogP contribution >= 0.6 is 0 Å². The van der Waals surface area contributed by atoms with Crippen LogP contribution in [0.3, 0.4) is 0 Å². The van der Waals surface area contributed by atoms with Crippen molar-refractivity contribution >= 4 is 5.78 Å². The molecule has 0 spiro atoms. The molecule has 1 aromatic rings. The first-order valence-corrected chi connectivity index (χ1v) is 5.28. The molecule has 0 aliphatic heterocycles. The molecule has 0 aliphatic carbocycles. The molecule has 90 valence electrons. The number of ketones is 1. The molecular weight excluding hydrogens is 221 g/mol. The monoisotopic (exact) mass is 235 g/mol. The van der Waals surface area contributed by atoms with Gasteiger partial charge in [-0.25, -0.2) is 4.39 Å². The molecule has 3 nitrogen and oxygen atoms in total. The minimum absolute atomic E-state index is 0.0105. The molecule has 0 aliphatic rings. The molecule has 0 saturated carbocycles. The van der Waals surface area contributed by atoms with E-state index in [0.29, 0.717) is 5.56 Å². The van der Waals surface area contributed by atoms with Gasteiger partial charge in [-0.3, -0.25) is 4.79 Å². The Kier molecular flexibility index (Phi) is 4.22. The second kappa shape index (κ2) is 5.44. The zero-order valence-corrected chi connectivity index (χ0v) is 10.0. The molecule has 0 aromatic heterocycles. The van der Waals surface area contributed by atoms with Gasteiger partial charge in [0.05, 0.1) is 13.2 Å². The summed E-state index contributed by atoms with van der Waals surface area (Å²) in [4.78, 5) is 12.0. The summed E-state index contributed by atoms with van der Waals surface area (Å²) in [6, 6.07) is 5.83. The Balaban J connectivity index is 3.09. The highest BCUT2D eigenvalue weighted by molar-refractivity contribution is 5.99. The van der Waals surface area contributed by atoms with Gasteiger partial charge in [0.15, 0.2) is 17.3 Å². The molecule has 1 aromatic carbocycles. The van der Waals surface area contributed by atoms with E-state index in [-0.39, 0.29) is 17.5 Å². The summed E-state index contributed by atoms with van der Waals surface area (Å²) >= 11 is 0. The molecule has 1 rings (SSSR count). The second-order valence-corrected chi connectivity index (χ2v) is 4.06. The normalized spacial score (nSPS) is 12.0. The third-order valence-electron chi connectivity index (χ3n) is 2.52. The van der Waals surface area contributed by atoms with E-state index in [0.717, 1.165) is 0 Å². The highest BCUT2D eigenvalue weighted by Gasteiger charge is 2.23. The van der Waals surface area contributed by atoms with Crippen molar-refractivity contribution < 1.29 is 13.9 Å². The topological polar surface area (TPSA) is 50.1 Å². The Hall–Kier alpha value is -1.89. The van der Waals surface area contributed by atoms with E-state index in [1.54, 1.807) is 13.8 Å². The van der Waals surface area contributed by atoms with Crippen LogP contribution in [0.2, 0.25) is 0 Å². The van der Waals surface area contributed by atoms with Gasteiger partial charge in [0.1, 0.15) is 5.92 Å². The summed E-state index contributed by atoms with van der Waals surface area (Å²) in [5.41, 5.74) is 0.295. The van der Waals surface area contributed by atoms with E-state index in [2.05, 4.69) is 0 Å². The molecular formula is C13H14FNO2. The van der Waals surface area contributed by atoms with Crippen LogP contribution in [0.1, 0.15) is 24.2 Å². The number of halogens is 1. The number of nitriles is 1. The van der Waals surface area contributed by atoms with Crippen molar-refractivity contribution in [3.05, 3.63) is 29.6 Å². The Morgan fingerprint density at radius 3 is 2.59 bits per heavy atom. The number of benzene rings is 1. The van der Waals surface area contributed by atoms with Gasteiger partial charge in [0.2, 0.25) is 0 Å². The van der Waals surface area contributed by atoms with Crippen molar-refractivity contribution in [2.45, 2.75) is 13.8 Å². The van der Waals surface area contributed by atoms with Crippen molar-refractivity contribution in [3.8, 4) is 11.8 Å². The third-order valence-corrected chi connectivity index (χ3v) is 2.52. The highest BCUT2D eigenvalue weighted by atomic mass is 19.1. The van der Waals surface area contributed by atoms with Gasteiger partial charge < -0.3 is 4.74 Å². The predicted molar refractivity (Wildman–Crippen MR) is 61.2 cm³/mol. The van der Waals surface area contributed by atoms with Gasteiger partial charge in [-0.15, -0.1) is 0 Å². The van der Waals surface area contributed by atoms with Crippen molar-refractivity contribution in [1.82, 2.24) is 0 Å². The Morgan fingerprint density at radius 1 is 1.47 bits per heavy atom. The maximum absolute atomic E-state index is 13.2. The van der Waals surface area contributed by atoms with E-state index < -0.39 is 11.7 Å². The number of Topliss-reactive ketones (excluding diaryl/α,β-unsaturated/α-hetero) is 1. The summed E-state index contributed by atoms with van der Waals surface area (Å²) < 4.78 is 18.0. The molecule has 0 amide bonds. The van der Waals surface area contributed by atoms with Crippen molar-refractivity contribution in [3.63, 3.8) is 0 Å². The molecule has 0 radical (unpaired) electrons. The van der Waals surface area contributed by atoms with Crippen LogP contribution < -0.4 is 4.74 Å². The lowest BCUT2D eigenvalue weighted by Gasteiger charge is -2.12. The summed E-state index contributed by atoms with van der Waals surface area (Å²) in [6.45, 7) is 3.60. The van der Waals surface area contributed by atoms with E-state index >= 15 is 0 Å². The second-order valence-electron chi connectivity index (χ2n) is 4.06. The summed E-state index contributed by atoms with van der Waals surface area (Å²) in [5, 5.41) is 8.93. The molecule has 0 fully saturated rings. The number of ether oxygens (including phenoxy) is 1. The quantitative estimate of drug-likeness (QED) is 0.754. The lowest BCUT2D eigenvalue weighted by molar-refractivity contribution is 0.0924. The zero-order chi connectivity index (χ0) is 13.0. The molecule has 0 saturated heterocycles. The Morgan fingerprint density at radius 2 is 2.12 bits per heavy atom. The maximum Gasteiger partial charge on any atom is 0.180 e. The molecule has 0 heterocycles. The zero-order valence-electron chi connectivity index (χ0n) is 10.0. The van der Waals surface area contributed by atoms with Gasteiger partial charge in [0.25, 0.3) is 0 Å². The fraction of sp³-hybridized carbons (Fsp3) is 0.385. The van der Waals surface area contributed by atoms with Gasteiger partial charge in [-0.05, 0) is 24.1 Å². The lowest BCUT2D eigenvalue weighted by atomic mass is 9.89. The van der Waals surface area contributed by atoms with Crippen LogP contribution in [0.15, 0.2) is 18.2 Å². The molecule has 1 unspecified atom stereocenters. The van der Waals surface area contributed by atoms with Crippen molar-refractivity contribution in [2.24, 2.45) is 11.8 Å². The van der Waals surface area contributed by atoms with E-state index in [4.69, 9.17) is 10.00 Å². The minimum Gasteiger partial charge on any atom is -0.494 e. The lowest BCUT2D eigenvalue weighted by Crippen LogP contribution is -2.18. The fourth-order valence-corrected chi connectivity index (χ4v) is 1.50. The van der Waals surface area contributed by atoms with Crippen LogP contribution in [-0.2, 0) is 0 Å². The summed E-state index contributed by atoms with van der Waals surface area (Å²) in [6.07, 6.45) is 0. The predicted octanol–water partition coefficient (Wildman–Crippen LogP) is 2.81. The number of rotatable bonds is 4. The Bertz CT molecular complexity index is 463. The standard InChI is InChI=1S/C13H14FNO2/c1-8(2)10(7-15)13(16)9-4-5-11(14)12(6-9)17-3/h4-6,8,10H,1-3H3. The number of methoxy groups -OCH3 is 1. The van der Waals surface area contributed by atoms with E-state index in [1.165, 1.54) is 25.3 Å². The van der Waals surface area contributed by atoms with Crippen molar-refractivity contribution in [2.75, 3.05) is 7.11 Å². The van der Waals surface area contributed by atoms with Gasteiger partial charge >= 0.3 is 0 Å². The maximum atomic E-state index is 13.2. The van der Waals surface area contributed by atoms with Crippen molar-refractivity contribution in [1.29, 1.82) is 5.26 Å². The minimum atomic E-state index is -0.717. The molecule has 4 heteroatoms. The van der Waals surface area contributed by atoms with Gasteiger partial charge in [-0.1, -0.05) is 13.8 Å². The first-order chi connectivity index (χ1) is 8.01. The van der Waals surface area contributed by atoms with Crippen LogP contribution in [0.25, 0.3) is 0 Å². The summed E-state index contributed by atoms with van der Waals surface area (Å²) in [7, 11) is 1.33.